The van der Waals surface area contributed by atoms with Crippen LogP contribution in [0.4, 0.5) is 0 Å². The van der Waals surface area contributed by atoms with Gasteiger partial charge >= 0.3 is 0 Å². The molecule has 0 unspecified atom stereocenters. The van der Waals surface area contributed by atoms with Crippen molar-refractivity contribution in [2.75, 3.05) is 6.54 Å². The van der Waals surface area contributed by atoms with E-state index >= 15 is 0 Å². The number of nitrogens with one attached hydrogen (secondary N) is 1. The van der Waals surface area contributed by atoms with E-state index < -0.39 is 5.41 Å². The summed E-state index contributed by atoms with van der Waals surface area (Å²) in [6.07, 6.45) is 5.04. The third-order valence-electron chi connectivity index (χ3n) is 4.77. The van der Waals surface area contributed by atoms with Crippen molar-refractivity contribution in [2.45, 2.75) is 25.7 Å². The van der Waals surface area contributed by atoms with Crippen LogP contribution in [-0.4, -0.2) is 23.3 Å². The Balaban J connectivity index is 1.73. The molecular formula is C19H21N3O2. The standard InChI is InChI=1S/C19H21N3O2/c20-18(24)19(9-4-5-10-19)13-22-17(23)16-12-15(8-11-21-16)14-6-2-1-3-7-14/h1-3,6-8,11-12H,4-5,9-10,13H2,(H2,20,24)(H,22,23). The molecule has 3 N–H and O–H groups in total. The van der Waals surface area contributed by atoms with Gasteiger partial charge in [0.05, 0.1) is 5.41 Å². The molecular weight excluding hydrogens is 302 g/mol. The maximum Gasteiger partial charge on any atom is 0.269 e. The summed E-state index contributed by atoms with van der Waals surface area (Å²) in [4.78, 5) is 28.3. The zero-order valence-corrected chi connectivity index (χ0v) is 13.5. The molecule has 124 valence electrons. The first-order valence-corrected chi connectivity index (χ1v) is 8.20. The minimum absolute atomic E-state index is 0.276. The Labute approximate surface area is 141 Å². The summed E-state index contributed by atoms with van der Waals surface area (Å²) in [7, 11) is 0. The van der Waals surface area contributed by atoms with Gasteiger partial charge in [-0.15, -0.1) is 0 Å². The Morgan fingerprint density at radius 3 is 2.46 bits per heavy atom. The molecule has 1 aromatic heterocycles. The summed E-state index contributed by atoms with van der Waals surface area (Å²) in [5.74, 6) is -0.605. The topological polar surface area (TPSA) is 85.1 Å². The second-order valence-corrected chi connectivity index (χ2v) is 6.33. The average Bonchev–Trinajstić information content (AvgIpc) is 3.11. The van der Waals surface area contributed by atoms with Crippen molar-refractivity contribution in [3.63, 3.8) is 0 Å². The number of primary amides is 1. The van der Waals surface area contributed by atoms with Gasteiger partial charge in [-0.3, -0.25) is 14.6 Å². The Kier molecular flexibility index (Phi) is 4.60. The van der Waals surface area contributed by atoms with Gasteiger partial charge in [-0.05, 0) is 36.1 Å². The van der Waals surface area contributed by atoms with E-state index in [1.165, 1.54) is 0 Å². The first-order valence-electron chi connectivity index (χ1n) is 8.20. The van der Waals surface area contributed by atoms with Crippen molar-refractivity contribution < 1.29 is 9.59 Å². The minimum Gasteiger partial charge on any atom is -0.369 e. The third kappa shape index (κ3) is 3.30. The maximum absolute atomic E-state index is 12.4. The lowest BCUT2D eigenvalue weighted by Crippen LogP contribution is -2.44. The Morgan fingerprint density at radius 2 is 1.79 bits per heavy atom. The van der Waals surface area contributed by atoms with Crippen LogP contribution in [0.2, 0.25) is 0 Å². The molecule has 5 heteroatoms. The number of hydrogen-bond donors (Lipinski definition) is 2. The van der Waals surface area contributed by atoms with Crippen molar-refractivity contribution in [3.8, 4) is 11.1 Å². The predicted octanol–water partition coefficient (Wildman–Crippen LogP) is 2.52. The second-order valence-electron chi connectivity index (χ2n) is 6.33. The van der Waals surface area contributed by atoms with Gasteiger partial charge in [0.2, 0.25) is 5.91 Å². The van der Waals surface area contributed by atoms with Crippen molar-refractivity contribution in [3.05, 3.63) is 54.4 Å². The second kappa shape index (κ2) is 6.83. The molecule has 1 aliphatic rings. The van der Waals surface area contributed by atoms with Crippen LogP contribution >= 0.6 is 0 Å². The SMILES string of the molecule is NC(=O)C1(CNC(=O)c2cc(-c3ccccc3)ccn2)CCCC1. The molecule has 0 atom stereocenters. The zero-order valence-electron chi connectivity index (χ0n) is 13.5. The highest BCUT2D eigenvalue weighted by atomic mass is 16.2. The lowest BCUT2D eigenvalue weighted by Gasteiger charge is -2.25. The van der Waals surface area contributed by atoms with Gasteiger partial charge in [-0.2, -0.15) is 0 Å². The number of nitrogens with zero attached hydrogens (tertiary/aromatic N) is 1. The number of carbonyl (C=O) groups is 2. The van der Waals surface area contributed by atoms with Gasteiger partial charge in [-0.1, -0.05) is 43.2 Å². The number of rotatable bonds is 5. The summed E-state index contributed by atoms with van der Waals surface area (Å²) in [6, 6.07) is 13.4. The molecule has 0 radical (unpaired) electrons. The number of aromatic nitrogens is 1. The van der Waals surface area contributed by atoms with E-state index in [-0.39, 0.29) is 18.4 Å². The van der Waals surface area contributed by atoms with Crippen LogP contribution < -0.4 is 11.1 Å². The molecule has 2 amide bonds. The molecule has 3 rings (SSSR count). The van der Waals surface area contributed by atoms with Crippen LogP contribution in [0.5, 0.6) is 0 Å². The number of nitrogens with two attached hydrogens (primary N) is 1. The lowest BCUT2D eigenvalue weighted by molar-refractivity contribution is -0.127. The molecule has 0 saturated heterocycles. The van der Waals surface area contributed by atoms with E-state index in [0.29, 0.717) is 5.69 Å². The number of benzene rings is 1. The first kappa shape index (κ1) is 16.2. The van der Waals surface area contributed by atoms with Crippen LogP contribution in [0.15, 0.2) is 48.7 Å². The van der Waals surface area contributed by atoms with Crippen LogP contribution in [0, 0.1) is 5.41 Å². The summed E-state index contributed by atoms with van der Waals surface area (Å²) >= 11 is 0. The average molecular weight is 323 g/mol. The molecule has 1 fully saturated rings. The normalized spacial score (nSPS) is 15.8. The smallest absolute Gasteiger partial charge is 0.269 e. The fourth-order valence-corrected chi connectivity index (χ4v) is 3.27. The highest BCUT2D eigenvalue weighted by Gasteiger charge is 2.39. The van der Waals surface area contributed by atoms with Gasteiger partial charge in [0, 0.05) is 12.7 Å². The van der Waals surface area contributed by atoms with Gasteiger partial charge < -0.3 is 11.1 Å². The van der Waals surface area contributed by atoms with Crippen LogP contribution in [-0.2, 0) is 4.79 Å². The summed E-state index contributed by atoms with van der Waals surface area (Å²) in [5, 5.41) is 2.84. The highest BCUT2D eigenvalue weighted by molar-refractivity contribution is 5.94. The first-order chi connectivity index (χ1) is 11.6. The van der Waals surface area contributed by atoms with E-state index in [1.54, 1.807) is 12.3 Å². The fourth-order valence-electron chi connectivity index (χ4n) is 3.27. The van der Waals surface area contributed by atoms with Crippen LogP contribution in [0.1, 0.15) is 36.2 Å². The molecule has 0 bridgehead atoms. The van der Waals surface area contributed by atoms with Crippen molar-refractivity contribution in [1.29, 1.82) is 0 Å². The van der Waals surface area contributed by atoms with E-state index in [9.17, 15) is 9.59 Å². The van der Waals surface area contributed by atoms with Crippen molar-refractivity contribution >= 4 is 11.8 Å². The number of amides is 2. The van der Waals surface area contributed by atoms with Crippen LogP contribution in [0.25, 0.3) is 11.1 Å². The molecule has 1 aliphatic carbocycles. The quantitative estimate of drug-likeness (QED) is 0.886. The van der Waals surface area contributed by atoms with Crippen molar-refractivity contribution in [1.82, 2.24) is 10.3 Å². The Hall–Kier alpha value is -2.69. The maximum atomic E-state index is 12.4. The van der Waals surface area contributed by atoms with Gasteiger partial charge in [-0.25, -0.2) is 0 Å². The summed E-state index contributed by atoms with van der Waals surface area (Å²) < 4.78 is 0. The summed E-state index contributed by atoms with van der Waals surface area (Å²) in [5.41, 5.74) is 7.25. The third-order valence-corrected chi connectivity index (χ3v) is 4.77. The number of carbonyl (C=O) groups excluding carboxylic acids is 2. The molecule has 24 heavy (non-hydrogen) atoms. The highest BCUT2D eigenvalue weighted by Crippen LogP contribution is 2.37. The minimum atomic E-state index is -0.604. The van der Waals surface area contributed by atoms with Gasteiger partial charge in [0.25, 0.3) is 5.91 Å². The molecule has 1 heterocycles. The molecule has 1 saturated carbocycles. The Bertz CT molecular complexity index is 737. The number of pyridine rings is 1. The van der Waals surface area contributed by atoms with Gasteiger partial charge in [0.15, 0.2) is 0 Å². The van der Waals surface area contributed by atoms with E-state index in [2.05, 4.69) is 10.3 Å². The molecule has 5 nitrogen and oxygen atoms in total. The lowest BCUT2D eigenvalue weighted by atomic mass is 9.85. The summed E-state index contributed by atoms with van der Waals surface area (Å²) in [6.45, 7) is 0.276. The largest absolute Gasteiger partial charge is 0.369 e. The van der Waals surface area contributed by atoms with E-state index in [1.807, 2.05) is 36.4 Å². The molecule has 0 aliphatic heterocycles. The van der Waals surface area contributed by atoms with E-state index in [4.69, 9.17) is 5.73 Å². The predicted molar refractivity (Wildman–Crippen MR) is 92.1 cm³/mol. The monoisotopic (exact) mass is 323 g/mol. The number of hydrogen-bond acceptors (Lipinski definition) is 3. The van der Waals surface area contributed by atoms with Crippen molar-refractivity contribution in [2.24, 2.45) is 11.1 Å². The molecule has 2 aromatic rings. The van der Waals surface area contributed by atoms with Crippen LogP contribution in [0.3, 0.4) is 0 Å². The Morgan fingerprint density at radius 1 is 1.08 bits per heavy atom. The molecule has 1 aromatic carbocycles. The zero-order chi connectivity index (χ0) is 17.0. The van der Waals surface area contributed by atoms with Gasteiger partial charge in [0.1, 0.15) is 5.69 Å². The molecule has 0 spiro atoms. The van der Waals surface area contributed by atoms with E-state index in [0.717, 1.165) is 36.8 Å². The fraction of sp³-hybridized carbons (Fsp3) is 0.316.